The lowest BCUT2D eigenvalue weighted by Crippen LogP contribution is -2.27. The van der Waals surface area contributed by atoms with Crippen molar-refractivity contribution in [3.63, 3.8) is 0 Å². The fraction of sp³-hybridized carbons (Fsp3) is 0.533. The lowest BCUT2D eigenvalue weighted by atomic mass is 9.89. The molecule has 18 heavy (non-hydrogen) atoms. The molecule has 2 nitrogen and oxygen atoms in total. The summed E-state index contributed by atoms with van der Waals surface area (Å²) in [5.41, 5.74) is 0.978. The number of hydrogen-bond donors (Lipinski definition) is 0. The quantitative estimate of drug-likeness (QED) is 0.809. The minimum absolute atomic E-state index is 0.235. The molecular weight excluding hydrogens is 246 g/mol. The molecule has 100 valence electrons. The second-order valence-electron chi connectivity index (χ2n) is 5.79. The van der Waals surface area contributed by atoms with Gasteiger partial charge >= 0.3 is 0 Å². The average Bonchev–Trinajstić information content (AvgIpc) is 2.28. The van der Waals surface area contributed by atoms with Gasteiger partial charge in [0.05, 0.1) is 0 Å². The summed E-state index contributed by atoms with van der Waals surface area (Å²) in [6, 6.07) is 7.82. The van der Waals surface area contributed by atoms with Crippen LogP contribution in [0.2, 0.25) is 5.02 Å². The summed E-state index contributed by atoms with van der Waals surface area (Å²) in [6.07, 6.45) is 0.605. The molecule has 0 aliphatic rings. The largest absolute Gasteiger partial charge is 0.302 e. The van der Waals surface area contributed by atoms with Crippen molar-refractivity contribution in [3.8, 4) is 0 Å². The van der Waals surface area contributed by atoms with Crippen LogP contribution in [-0.4, -0.2) is 24.3 Å². The normalized spacial score (nSPS) is 11.9. The fourth-order valence-corrected chi connectivity index (χ4v) is 1.77. The molecule has 0 fully saturated rings. The Labute approximate surface area is 115 Å². The lowest BCUT2D eigenvalue weighted by molar-refractivity contribution is -0.126. The molecule has 0 atom stereocenters. The zero-order valence-electron chi connectivity index (χ0n) is 11.7. The zero-order valence-corrected chi connectivity index (χ0v) is 12.4. The van der Waals surface area contributed by atoms with Crippen LogP contribution in [0.1, 0.15) is 32.8 Å². The first-order valence-electron chi connectivity index (χ1n) is 6.25. The number of Topliss-reactive ketones (excluding diaryl/α,β-unsaturated/α-hetero) is 1. The minimum atomic E-state index is -0.235. The first kappa shape index (κ1) is 15.2. The van der Waals surface area contributed by atoms with Crippen LogP contribution in [0.15, 0.2) is 24.3 Å². The summed E-state index contributed by atoms with van der Waals surface area (Å²) in [6.45, 7) is 7.53. The number of carbonyl (C=O) groups is 1. The van der Waals surface area contributed by atoms with Crippen LogP contribution in [0.4, 0.5) is 0 Å². The Bertz CT molecular complexity index is 392. The van der Waals surface area contributed by atoms with Crippen molar-refractivity contribution in [2.45, 2.75) is 33.7 Å². The highest BCUT2D eigenvalue weighted by atomic mass is 35.5. The predicted octanol–water partition coefficient (Wildman–Crippen LogP) is 3.78. The van der Waals surface area contributed by atoms with Crippen molar-refractivity contribution in [3.05, 3.63) is 34.9 Å². The van der Waals surface area contributed by atoms with Gasteiger partial charge in [-0.15, -0.1) is 0 Å². The smallest absolute Gasteiger partial charge is 0.139 e. The highest BCUT2D eigenvalue weighted by Crippen LogP contribution is 2.17. The lowest BCUT2D eigenvalue weighted by Gasteiger charge is -2.20. The van der Waals surface area contributed by atoms with E-state index in [9.17, 15) is 4.79 Å². The van der Waals surface area contributed by atoms with Crippen molar-refractivity contribution in [2.24, 2.45) is 5.41 Å². The van der Waals surface area contributed by atoms with Crippen LogP contribution >= 0.6 is 11.6 Å². The monoisotopic (exact) mass is 267 g/mol. The molecule has 0 saturated heterocycles. The third kappa shape index (κ3) is 5.19. The fourth-order valence-electron chi connectivity index (χ4n) is 1.65. The van der Waals surface area contributed by atoms with Gasteiger partial charge in [-0.2, -0.15) is 0 Å². The molecule has 0 bridgehead atoms. The third-order valence-corrected chi connectivity index (χ3v) is 3.17. The van der Waals surface area contributed by atoms with Gasteiger partial charge in [-0.3, -0.25) is 4.79 Å². The molecule has 1 aromatic carbocycles. The van der Waals surface area contributed by atoms with Crippen LogP contribution in [-0.2, 0) is 11.3 Å². The molecule has 0 radical (unpaired) electrons. The molecule has 0 N–H and O–H groups in total. The molecule has 0 amide bonds. The van der Waals surface area contributed by atoms with Crippen LogP contribution in [0.5, 0.6) is 0 Å². The van der Waals surface area contributed by atoms with E-state index in [1.54, 1.807) is 0 Å². The second-order valence-corrected chi connectivity index (χ2v) is 6.22. The summed E-state index contributed by atoms with van der Waals surface area (Å²) >= 11 is 5.84. The Morgan fingerprint density at radius 2 is 1.78 bits per heavy atom. The maximum Gasteiger partial charge on any atom is 0.139 e. The van der Waals surface area contributed by atoms with Crippen LogP contribution in [0, 0.1) is 5.41 Å². The van der Waals surface area contributed by atoms with Gasteiger partial charge in [-0.1, -0.05) is 44.5 Å². The molecule has 0 heterocycles. The molecular formula is C15H22ClNO. The summed E-state index contributed by atoms with van der Waals surface area (Å²) in [7, 11) is 2.03. The first-order chi connectivity index (χ1) is 8.29. The van der Waals surface area contributed by atoms with Gasteiger partial charge in [-0.25, -0.2) is 0 Å². The number of rotatable bonds is 5. The highest BCUT2D eigenvalue weighted by molar-refractivity contribution is 6.30. The topological polar surface area (TPSA) is 20.3 Å². The number of halogens is 1. The van der Waals surface area contributed by atoms with Gasteiger partial charge in [-0.05, 0) is 24.7 Å². The van der Waals surface area contributed by atoms with E-state index >= 15 is 0 Å². The maximum atomic E-state index is 11.8. The molecule has 0 aliphatic heterocycles. The van der Waals surface area contributed by atoms with Gasteiger partial charge in [0.25, 0.3) is 0 Å². The molecule has 0 aromatic heterocycles. The van der Waals surface area contributed by atoms with Gasteiger partial charge in [0, 0.05) is 29.9 Å². The number of benzene rings is 1. The predicted molar refractivity (Wildman–Crippen MR) is 76.9 cm³/mol. The minimum Gasteiger partial charge on any atom is -0.302 e. The maximum absolute atomic E-state index is 11.8. The van der Waals surface area contributed by atoms with Crippen molar-refractivity contribution in [1.82, 2.24) is 4.90 Å². The number of hydrogen-bond acceptors (Lipinski definition) is 2. The van der Waals surface area contributed by atoms with Crippen LogP contribution in [0.25, 0.3) is 0 Å². The van der Waals surface area contributed by atoms with E-state index in [1.165, 1.54) is 5.56 Å². The Morgan fingerprint density at radius 3 is 2.28 bits per heavy atom. The average molecular weight is 268 g/mol. The van der Waals surface area contributed by atoms with Crippen LogP contribution < -0.4 is 0 Å². The molecule has 0 aliphatic carbocycles. The van der Waals surface area contributed by atoms with Crippen molar-refractivity contribution >= 4 is 17.4 Å². The standard InChI is InChI=1S/C15H22ClNO/c1-15(2,3)14(18)9-10-17(4)11-12-5-7-13(16)8-6-12/h5-8H,9-11H2,1-4H3. The van der Waals surface area contributed by atoms with Crippen LogP contribution in [0.3, 0.4) is 0 Å². The van der Waals surface area contributed by atoms with Crippen molar-refractivity contribution in [1.29, 1.82) is 0 Å². The third-order valence-electron chi connectivity index (χ3n) is 2.92. The zero-order chi connectivity index (χ0) is 13.8. The van der Waals surface area contributed by atoms with Gasteiger partial charge in [0.2, 0.25) is 0 Å². The van der Waals surface area contributed by atoms with E-state index in [2.05, 4.69) is 4.90 Å². The summed E-state index contributed by atoms with van der Waals surface area (Å²) in [5, 5.41) is 0.754. The molecule has 1 aromatic rings. The van der Waals surface area contributed by atoms with Gasteiger partial charge in [0.15, 0.2) is 0 Å². The molecule has 0 unspecified atom stereocenters. The Balaban J connectivity index is 2.40. The number of nitrogens with zero attached hydrogens (tertiary/aromatic N) is 1. The number of ketones is 1. The van der Waals surface area contributed by atoms with Crippen molar-refractivity contribution in [2.75, 3.05) is 13.6 Å². The molecule has 1 rings (SSSR count). The van der Waals surface area contributed by atoms with Crippen molar-refractivity contribution < 1.29 is 4.79 Å². The second kappa shape index (κ2) is 6.35. The molecule has 3 heteroatoms. The van der Waals surface area contributed by atoms with E-state index in [0.29, 0.717) is 12.2 Å². The SMILES string of the molecule is CN(CCC(=O)C(C)(C)C)Cc1ccc(Cl)cc1. The molecule has 0 spiro atoms. The Kier molecular flexibility index (Phi) is 5.36. The summed E-state index contributed by atoms with van der Waals surface area (Å²) < 4.78 is 0. The highest BCUT2D eigenvalue weighted by Gasteiger charge is 2.20. The van der Waals surface area contributed by atoms with E-state index < -0.39 is 0 Å². The Morgan fingerprint density at radius 1 is 1.22 bits per heavy atom. The van der Waals surface area contributed by atoms with E-state index in [1.807, 2.05) is 52.1 Å². The summed E-state index contributed by atoms with van der Waals surface area (Å²) in [4.78, 5) is 14.0. The summed E-state index contributed by atoms with van der Waals surface area (Å²) in [5.74, 6) is 0.311. The molecule has 0 saturated carbocycles. The van der Waals surface area contributed by atoms with Gasteiger partial charge < -0.3 is 4.90 Å². The van der Waals surface area contributed by atoms with E-state index in [0.717, 1.165) is 18.1 Å². The number of carbonyl (C=O) groups excluding carboxylic acids is 1. The van der Waals surface area contributed by atoms with E-state index in [-0.39, 0.29) is 5.41 Å². The Hall–Kier alpha value is -0.860. The van der Waals surface area contributed by atoms with Gasteiger partial charge in [0.1, 0.15) is 5.78 Å². The first-order valence-corrected chi connectivity index (χ1v) is 6.63. The van der Waals surface area contributed by atoms with E-state index in [4.69, 9.17) is 11.6 Å².